The van der Waals surface area contributed by atoms with Crippen LogP contribution in [0.3, 0.4) is 0 Å². The van der Waals surface area contributed by atoms with Crippen molar-refractivity contribution in [2.24, 2.45) is 4.99 Å². The molecule has 0 radical (unpaired) electrons. The standard InChI is InChI=1S/C25H30N6O/c1-5-8-9-24(30-20-11-13-27-15-20)28-16-21-17-29-25-14-23(32-4)22(18-31(21)25)19(6-2)10-12-26-7-3/h3,5-6,8-10,12,14,17-18,20,26-27H,1,11,13,15-16H2,2,4H3,(H,28,30)/b9-8-,12-10-,19-6+. The highest BCUT2D eigenvalue weighted by molar-refractivity contribution is 5.93. The zero-order chi connectivity index (χ0) is 22.8. The number of imidazole rings is 1. The maximum atomic E-state index is 5.62. The number of fused-ring (bicyclic) bond motifs is 1. The summed E-state index contributed by atoms with van der Waals surface area (Å²) in [5.41, 5.74) is 3.68. The van der Waals surface area contributed by atoms with Gasteiger partial charge >= 0.3 is 0 Å². The molecule has 7 heteroatoms. The van der Waals surface area contributed by atoms with Gasteiger partial charge in [0.2, 0.25) is 0 Å². The van der Waals surface area contributed by atoms with Crippen molar-refractivity contribution in [3.05, 3.63) is 72.9 Å². The van der Waals surface area contributed by atoms with Crippen LogP contribution in [0.15, 0.2) is 66.6 Å². The van der Waals surface area contributed by atoms with Crippen molar-refractivity contribution in [3.63, 3.8) is 0 Å². The number of aromatic nitrogens is 2. The first-order valence-corrected chi connectivity index (χ1v) is 10.6. The summed E-state index contributed by atoms with van der Waals surface area (Å²) in [4.78, 5) is 9.35. The van der Waals surface area contributed by atoms with Gasteiger partial charge in [-0.3, -0.25) is 4.99 Å². The van der Waals surface area contributed by atoms with Gasteiger partial charge in [0.1, 0.15) is 17.2 Å². The Morgan fingerprint density at radius 3 is 3.06 bits per heavy atom. The summed E-state index contributed by atoms with van der Waals surface area (Å²) in [5, 5.41) is 9.62. The number of hydrogen-bond donors (Lipinski definition) is 3. The highest BCUT2D eigenvalue weighted by Crippen LogP contribution is 2.29. The van der Waals surface area contributed by atoms with E-state index in [0.29, 0.717) is 12.6 Å². The second kappa shape index (κ2) is 11.6. The number of nitrogens with zero attached hydrogens (tertiary/aromatic N) is 3. The summed E-state index contributed by atoms with van der Waals surface area (Å²) in [6.07, 6.45) is 21.4. The maximum Gasteiger partial charge on any atom is 0.140 e. The molecule has 1 aliphatic heterocycles. The van der Waals surface area contributed by atoms with E-state index in [1.807, 2.05) is 54.1 Å². The van der Waals surface area contributed by atoms with E-state index < -0.39 is 0 Å². The number of pyridine rings is 1. The molecule has 3 rings (SSSR count). The molecule has 3 heterocycles. The normalized spacial score (nSPS) is 17.2. The number of hydrogen-bond acceptors (Lipinski definition) is 5. The summed E-state index contributed by atoms with van der Waals surface area (Å²) in [6.45, 7) is 8.17. The summed E-state index contributed by atoms with van der Waals surface area (Å²) < 4.78 is 7.66. The largest absolute Gasteiger partial charge is 0.496 e. The number of terminal acetylenes is 1. The Morgan fingerprint density at radius 2 is 2.38 bits per heavy atom. The Morgan fingerprint density at radius 1 is 1.50 bits per heavy atom. The first-order chi connectivity index (χ1) is 15.7. The number of amidine groups is 1. The maximum absolute atomic E-state index is 5.62. The Balaban J connectivity index is 1.92. The number of aliphatic imine (C=N–C) groups is 1. The lowest BCUT2D eigenvalue weighted by atomic mass is 10.1. The molecule has 0 spiro atoms. The van der Waals surface area contributed by atoms with Gasteiger partial charge in [0.15, 0.2) is 0 Å². The van der Waals surface area contributed by atoms with Crippen molar-refractivity contribution in [2.75, 3.05) is 20.2 Å². The van der Waals surface area contributed by atoms with Gasteiger partial charge < -0.3 is 25.1 Å². The molecule has 166 valence electrons. The smallest absolute Gasteiger partial charge is 0.140 e. The van der Waals surface area contributed by atoms with Gasteiger partial charge in [-0.2, -0.15) is 0 Å². The summed E-state index contributed by atoms with van der Waals surface area (Å²) >= 11 is 0. The van der Waals surface area contributed by atoms with Gasteiger partial charge in [-0.15, -0.1) is 0 Å². The molecule has 1 aliphatic rings. The van der Waals surface area contributed by atoms with Crippen molar-refractivity contribution in [3.8, 4) is 18.2 Å². The Bertz CT molecular complexity index is 1090. The summed E-state index contributed by atoms with van der Waals surface area (Å²) in [7, 11) is 1.65. The quantitative estimate of drug-likeness (QED) is 0.187. The number of allylic oxidation sites excluding steroid dienone is 5. The molecule has 0 aliphatic carbocycles. The van der Waals surface area contributed by atoms with Crippen molar-refractivity contribution >= 4 is 17.1 Å². The number of rotatable bonds is 9. The van der Waals surface area contributed by atoms with E-state index in [1.165, 1.54) is 0 Å². The molecule has 0 aromatic carbocycles. The second-order valence-electron chi connectivity index (χ2n) is 7.23. The average Bonchev–Trinajstić information content (AvgIpc) is 3.47. The van der Waals surface area contributed by atoms with Crippen LogP contribution in [-0.4, -0.2) is 41.5 Å². The lowest BCUT2D eigenvalue weighted by Gasteiger charge is -2.13. The Hall–Kier alpha value is -3.76. The molecule has 3 N–H and O–H groups in total. The number of ether oxygens (including phenoxy) is 1. The minimum Gasteiger partial charge on any atom is -0.496 e. The number of methoxy groups -OCH3 is 1. The average molecular weight is 431 g/mol. The van der Waals surface area contributed by atoms with Gasteiger partial charge in [0, 0.05) is 42.7 Å². The number of nitrogens with one attached hydrogen (secondary N) is 3. The molecule has 2 aromatic heterocycles. The van der Waals surface area contributed by atoms with E-state index in [0.717, 1.165) is 53.6 Å². The first kappa shape index (κ1) is 22.9. The van der Waals surface area contributed by atoms with Crippen LogP contribution >= 0.6 is 0 Å². The highest BCUT2D eigenvalue weighted by Gasteiger charge is 2.15. The van der Waals surface area contributed by atoms with Gasteiger partial charge in [-0.25, -0.2) is 4.98 Å². The van der Waals surface area contributed by atoms with Crippen LogP contribution < -0.4 is 20.7 Å². The van der Waals surface area contributed by atoms with Crippen LogP contribution in [0.4, 0.5) is 0 Å². The van der Waals surface area contributed by atoms with Crippen LogP contribution in [0.2, 0.25) is 0 Å². The van der Waals surface area contributed by atoms with Crippen LogP contribution in [-0.2, 0) is 6.54 Å². The van der Waals surface area contributed by atoms with Gasteiger partial charge in [-0.1, -0.05) is 31.2 Å². The molecular weight excluding hydrogens is 400 g/mol. The van der Waals surface area contributed by atoms with E-state index in [-0.39, 0.29) is 0 Å². The lowest BCUT2D eigenvalue weighted by molar-refractivity contribution is 0.413. The minimum atomic E-state index is 0.377. The fourth-order valence-corrected chi connectivity index (χ4v) is 3.54. The molecule has 1 atom stereocenters. The van der Waals surface area contributed by atoms with E-state index >= 15 is 0 Å². The molecule has 1 saturated heterocycles. The molecule has 7 nitrogen and oxygen atoms in total. The fraction of sp³-hybridized carbons (Fsp3) is 0.280. The van der Waals surface area contributed by atoms with E-state index in [4.69, 9.17) is 16.2 Å². The molecule has 0 bridgehead atoms. The predicted molar refractivity (Wildman–Crippen MR) is 131 cm³/mol. The molecule has 1 unspecified atom stereocenters. The molecule has 2 aromatic rings. The summed E-state index contributed by atoms with van der Waals surface area (Å²) in [5.74, 6) is 1.57. The molecule has 1 fully saturated rings. The van der Waals surface area contributed by atoms with Crippen molar-refractivity contribution in [1.82, 2.24) is 25.3 Å². The third kappa shape index (κ3) is 5.68. The highest BCUT2D eigenvalue weighted by atomic mass is 16.5. The fourth-order valence-electron chi connectivity index (χ4n) is 3.54. The van der Waals surface area contributed by atoms with Crippen molar-refractivity contribution in [2.45, 2.75) is 25.9 Å². The topological polar surface area (TPSA) is 75.0 Å². The van der Waals surface area contributed by atoms with E-state index in [1.54, 1.807) is 19.4 Å². The van der Waals surface area contributed by atoms with Crippen LogP contribution in [0.5, 0.6) is 5.75 Å². The molecular formula is C25H30N6O. The zero-order valence-electron chi connectivity index (χ0n) is 18.6. The van der Waals surface area contributed by atoms with Crippen molar-refractivity contribution < 1.29 is 4.74 Å². The van der Waals surface area contributed by atoms with E-state index in [2.05, 4.69) is 33.6 Å². The third-order valence-corrected chi connectivity index (χ3v) is 5.17. The van der Waals surface area contributed by atoms with Crippen LogP contribution in [0.25, 0.3) is 11.2 Å². The van der Waals surface area contributed by atoms with Crippen LogP contribution in [0.1, 0.15) is 24.6 Å². The first-order valence-electron chi connectivity index (χ1n) is 10.6. The molecule has 0 amide bonds. The van der Waals surface area contributed by atoms with Gasteiger partial charge in [0.05, 0.1) is 25.5 Å². The molecule has 0 saturated carbocycles. The zero-order valence-corrected chi connectivity index (χ0v) is 18.6. The van der Waals surface area contributed by atoms with Crippen LogP contribution in [0, 0.1) is 12.5 Å². The Kier molecular flexibility index (Phi) is 8.29. The van der Waals surface area contributed by atoms with E-state index in [9.17, 15) is 0 Å². The second-order valence-corrected chi connectivity index (χ2v) is 7.23. The monoisotopic (exact) mass is 430 g/mol. The minimum absolute atomic E-state index is 0.377. The van der Waals surface area contributed by atoms with Gasteiger partial charge in [-0.05, 0) is 37.6 Å². The Labute approximate surface area is 189 Å². The predicted octanol–water partition coefficient (Wildman–Crippen LogP) is 3.03. The molecule has 32 heavy (non-hydrogen) atoms. The summed E-state index contributed by atoms with van der Waals surface area (Å²) in [6, 6.07) is 4.69. The van der Waals surface area contributed by atoms with Crippen molar-refractivity contribution in [1.29, 1.82) is 0 Å². The lowest BCUT2D eigenvalue weighted by Crippen LogP contribution is -2.35. The van der Waals surface area contributed by atoms with Gasteiger partial charge in [0.25, 0.3) is 0 Å². The third-order valence-electron chi connectivity index (χ3n) is 5.17. The SMILES string of the molecule is C#CN/C=C\C(=C/C)c1cn2c(C/N=C(\C=C/C=C)NC3CCNC3)cnc2cc1OC.